The molecule has 0 aromatic heterocycles. The highest BCUT2D eigenvalue weighted by Crippen LogP contribution is 2.20. The Bertz CT molecular complexity index is 473. The zero-order valence-corrected chi connectivity index (χ0v) is 10.2. The van der Waals surface area contributed by atoms with Gasteiger partial charge in [-0.05, 0) is 6.07 Å². The van der Waals surface area contributed by atoms with Crippen molar-refractivity contribution in [3.63, 3.8) is 0 Å². The minimum absolute atomic E-state index is 0.00871. The summed E-state index contributed by atoms with van der Waals surface area (Å²) in [4.78, 5) is 24.9. The van der Waals surface area contributed by atoms with Crippen molar-refractivity contribution in [2.75, 3.05) is 18.9 Å². The molecule has 2 rings (SSSR count). The third kappa shape index (κ3) is 2.51. The zero-order chi connectivity index (χ0) is 13.1. The van der Waals surface area contributed by atoms with Crippen molar-refractivity contribution in [1.82, 2.24) is 4.90 Å². The average Bonchev–Trinajstić information content (AvgIpc) is 2.70. The molecular formula is C13H16N2O3. The van der Waals surface area contributed by atoms with Gasteiger partial charge in [-0.2, -0.15) is 0 Å². The molecular weight excluding hydrogens is 232 g/mol. The SMILES string of the molecule is CN1CC(C(=O)Nc2ccccc2CO)CC1=O. The van der Waals surface area contributed by atoms with E-state index in [1.54, 1.807) is 36.2 Å². The van der Waals surface area contributed by atoms with Crippen molar-refractivity contribution in [3.8, 4) is 0 Å². The van der Waals surface area contributed by atoms with Gasteiger partial charge in [0.05, 0.1) is 12.5 Å². The number of anilines is 1. The van der Waals surface area contributed by atoms with Gasteiger partial charge < -0.3 is 15.3 Å². The maximum Gasteiger partial charge on any atom is 0.229 e. The average molecular weight is 248 g/mol. The van der Waals surface area contributed by atoms with Gasteiger partial charge in [-0.3, -0.25) is 9.59 Å². The van der Waals surface area contributed by atoms with E-state index in [2.05, 4.69) is 5.32 Å². The standard InChI is InChI=1S/C13H16N2O3/c1-15-7-10(6-12(15)17)13(18)14-11-5-3-2-4-9(11)8-16/h2-5,10,16H,6-8H2,1H3,(H,14,18). The van der Waals surface area contributed by atoms with Crippen LogP contribution < -0.4 is 5.32 Å². The van der Waals surface area contributed by atoms with Gasteiger partial charge in [-0.15, -0.1) is 0 Å². The number of carbonyl (C=O) groups is 2. The molecule has 1 aromatic rings. The van der Waals surface area contributed by atoms with Gasteiger partial charge in [0.15, 0.2) is 0 Å². The molecule has 1 aliphatic heterocycles. The summed E-state index contributed by atoms with van der Waals surface area (Å²) < 4.78 is 0. The summed E-state index contributed by atoms with van der Waals surface area (Å²) in [7, 11) is 1.69. The molecule has 1 saturated heterocycles. The number of hydrogen-bond acceptors (Lipinski definition) is 3. The molecule has 5 heteroatoms. The lowest BCUT2D eigenvalue weighted by molar-refractivity contribution is -0.127. The molecule has 1 atom stereocenters. The van der Waals surface area contributed by atoms with Crippen LogP contribution in [0.25, 0.3) is 0 Å². The normalized spacial score (nSPS) is 19.1. The molecule has 1 heterocycles. The lowest BCUT2D eigenvalue weighted by Gasteiger charge is -2.13. The lowest BCUT2D eigenvalue weighted by Crippen LogP contribution is -2.26. The van der Waals surface area contributed by atoms with Gasteiger partial charge in [0.1, 0.15) is 0 Å². The van der Waals surface area contributed by atoms with Crippen LogP contribution in [0, 0.1) is 5.92 Å². The van der Waals surface area contributed by atoms with E-state index in [0.717, 1.165) is 0 Å². The van der Waals surface area contributed by atoms with Crippen LogP contribution in [0.2, 0.25) is 0 Å². The second-order valence-corrected chi connectivity index (χ2v) is 4.48. The summed E-state index contributed by atoms with van der Waals surface area (Å²) in [6, 6.07) is 7.08. The van der Waals surface area contributed by atoms with Crippen LogP contribution in [-0.2, 0) is 16.2 Å². The number of amides is 2. The predicted octanol–water partition coefficient (Wildman–Crippen LogP) is 0.596. The van der Waals surface area contributed by atoms with Crippen LogP contribution in [-0.4, -0.2) is 35.4 Å². The minimum atomic E-state index is -0.311. The first kappa shape index (κ1) is 12.6. The van der Waals surface area contributed by atoms with E-state index in [4.69, 9.17) is 5.11 Å². The van der Waals surface area contributed by atoms with Gasteiger partial charge in [-0.1, -0.05) is 18.2 Å². The van der Waals surface area contributed by atoms with E-state index in [9.17, 15) is 9.59 Å². The Kier molecular flexibility index (Phi) is 3.62. The third-order valence-corrected chi connectivity index (χ3v) is 3.16. The number of nitrogens with zero attached hydrogens (tertiary/aromatic N) is 1. The highest BCUT2D eigenvalue weighted by molar-refractivity contribution is 5.97. The molecule has 96 valence electrons. The fraction of sp³-hybridized carbons (Fsp3) is 0.385. The molecule has 0 bridgehead atoms. The monoisotopic (exact) mass is 248 g/mol. The largest absolute Gasteiger partial charge is 0.392 e. The van der Waals surface area contributed by atoms with Gasteiger partial charge in [0.2, 0.25) is 11.8 Å². The molecule has 1 aromatic carbocycles. The molecule has 1 fully saturated rings. The number of aliphatic hydroxyl groups excluding tert-OH is 1. The zero-order valence-electron chi connectivity index (χ0n) is 10.2. The van der Waals surface area contributed by atoms with Gasteiger partial charge >= 0.3 is 0 Å². The Morgan fingerprint density at radius 3 is 2.83 bits per heavy atom. The maximum absolute atomic E-state index is 12.0. The second kappa shape index (κ2) is 5.18. The van der Waals surface area contributed by atoms with Crippen LogP contribution in [0.1, 0.15) is 12.0 Å². The first-order valence-corrected chi connectivity index (χ1v) is 5.85. The van der Waals surface area contributed by atoms with Gasteiger partial charge in [-0.25, -0.2) is 0 Å². The highest BCUT2D eigenvalue weighted by Gasteiger charge is 2.32. The molecule has 0 saturated carbocycles. The molecule has 2 N–H and O–H groups in total. The summed E-state index contributed by atoms with van der Waals surface area (Å²) in [5.41, 5.74) is 1.27. The molecule has 0 radical (unpaired) electrons. The Morgan fingerprint density at radius 2 is 2.22 bits per heavy atom. The molecule has 1 unspecified atom stereocenters. The van der Waals surface area contributed by atoms with Crippen molar-refractivity contribution >= 4 is 17.5 Å². The third-order valence-electron chi connectivity index (χ3n) is 3.16. The number of nitrogens with one attached hydrogen (secondary N) is 1. The van der Waals surface area contributed by atoms with Crippen molar-refractivity contribution < 1.29 is 14.7 Å². The molecule has 2 amide bonds. The fourth-order valence-corrected chi connectivity index (χ4v) is 2.05. The van der Waals surface area contributed by atoms with Crippen molar-refractivity contribution in [3.05, 3.63) is 29.8 Å². The first-order chi connectivity index (χ1) is 8.61. The number of hydrogen-bond donors (Lipinski definition) is 2. The predicted molar refractivity (Wildman–Crippen MR) is 66.7 cm³/mol. The number of para-hydroxylation sites is 1. The molecule has 1 aliphatic rings. The lowest BCUT2D eigenvalue weighted by atomic mass is 10.1. The van der Waals surface area contributed by atoms with Crippen molar-refractivity contribution in [1.29, 1.82) is 0 Å². The minimum Gasteiger partial charge on any atom is -0.392 e. The van der Waals surface area contributed by atoms with Crippen LogP contribution in [0.3, 0.4) is 0 Å². The van der Waals surface area contributed by atoms with E-state index in [1.807, 2.05) is 0 Å². The summed E-state index contributed by atoms with van der Waals surface area (Å²) in [5.74, 6) is -0.492. The number of aliphatic hydroxyl groups is 1. The van der Waals surface area contributed by atoms with Crippen LogP contribution in [0.5, 0.6) is 0 Å². The first-order valence-electron chi connectivity index (χ1n) is 5.85. The summed E-state index contributed by atoms with van der Waals surface area (Å²) >= 11 is 0. The Balaban J connectivity index is 2.06. The maximum atomic E-state index is 12.0. The number of likely N-dealkylation sites (tertiary alicyclic amines) is 1. The second-order valence-electron chi connectivity index (χ2n) is 4.48. The van der Waals surface area contributed by atoms with E-state index >= 15 is 0 Å². The quantitative estimate of drug-likeness (QED) is 0.822. The number of rotatable bonds is 3. The molecule has 18 heavy (non-hydrogen) atoms. The van der Waals surface area contributed by atoms with Crippen molar-refractivity contribution in [2.45, 2.75) is 13.0 Å². The Hall–Kier alpha value is -1.88. The Labute approximate surface area is 105 Å². The fourth-order valence-electron chi connectivity index (χ4n) is 2.05. The van der Waals surface area contributed by atoms with Gasteiger partial charge in [0, 0.05) is 31.3 Å². The topological polar surface area (TPSA) is 69.6 Å². The van der Waals surface area contributed by atoms with E-state index in [0.29, 0.717) is 17.8 Å². The number of benzene rings is 1. The summed E-state index contributed by atoms with van der Waals surface area (Å²) in [5, 5.41) is 11.9. The van der Waals surface area contributed by atoms with Crippen LogP contribution in [0.4, 0.5) is 5.69 Å². The molecule has 5 nitrogen and oxygen atoms in total. The van der Waals surface area contributed by atoms with E-state index in [1.165, 1.54) is 0 Å². The molecule has 0 aliphatic carbocycles. The summed E-state index contributed by atoms with van der Waals surface area (Å²) in [6.45, 7) is 0.325. The number of carbonyl (C=O) groups excluding carboxylic acids is 2. The van der Waals surface area contributed by atoms with Crippen LogP contribution in [0.15, 0.2) is 24.3 Å². The van der Waals surface area contributed by atoms with Crippen LogP contribution >= 0.6 is 0 Å². The smallest absolute Gasteiger partial charge is 0.229 e. The van der Waals surface area contributed by atoms with E-state index < -0.39 is 0 Å². The van der Waals surface area contributed by atoms with Crippen molar-refractivity contribution in [2.24, 2.45) is 5.92 Å². The summed E-state index contributed by atoms with van der Waals surface area (Å²) in [6.07, 6.45) is 0.254. The Morgan fingerprint density at radius 1 is 1.50 bits per heavy atom. The molecule has 0 spiro atoms. The van der Waals surface area contributed by atoms with Gasteiger partial charge in [0.25, 0.3) is 0 Å². The highest BCUT2D eigenvalue weighted by atomic mass is 16.3. The van der Waals surface area contributed by atoms with E-state index in [-0.39, 0.29) is 30.8 Å².